The Morgan fingerprint density at radius 3 is 2.56 bits per heavy atom. The average molecular weight is 498 g/mol. The Hall–Kier alpha value is -2.16. The Morgan fingerprint density at radius 1 is 1.00 bits per heavy atom. The maximum atomic E-state index is 5.21. The first kappa shape index (κ1) is 26.1. The number of methoxy groups -OCH3 is 1. The zero-order valence-electron chi connectivity index (χ0n) is 17.9. The number of fused-ring (bicyclic) bond motifs is 4. The van der Waals surface area contributed by atoms with Crippen molar-refractivity contribution in [2.45, 2.75) is 20.0 Å². The van der Waals surface area contributed by atoms with Gasteiger partial charge in [-0.15, -0.1) is 42.3 Å². The quantitative estimate of drug-likeness (QED) is 0.429. The Balaban J connectivity index is 0.00000121. The van der Waals surface area contributed by atoms with Crippen LogP contribution < -0.4 is 5.32 Å². The van der Waals surface area contributed by atoms with Crippen LogP contribution in [-0.4, -0.2) is 51.5 Å². The average Bonchev–Trinajstić information content (AvgIpc) is 3.11. The summed E-state index contributed by atoms with van der Waals surface area (Å²) in [5.41, 5.74) is 4.08. The zero-order valence-corrected chi connectivity index (χ0v) is 20.4. The van der Waals surface area contributed by atoms with Crippen LogP contribution in [0.5, 0.6) is 0 Å². The van der Waals surface area contributed by atoms with Gasteiger partial charge < -0.3 is 14.6 Å². The molecule has 0 saturated heterocycles. The number of halogens is 3. The van der Waals surface area contributed by atoms with Crippen molar-refractivity contribution in [2.24, 2.45) is 0 Å². The molecule has 0 fully saturated rings. The minimum Gasteiger partial charge on any atom is -0.383 e. The van der Waals surface area contributed by atoms with E-state index < -0.39 is 0 Å². The summed E-state index contributed by atoms with van der Waals surface area (Å²) in [4.78, 5) is 7.28. The van der Waals surface area contributed by atoms with Crippen molar-refractivity contribution in [3.05, 3.63) is 54.0 Å². The van der Waals surface area contributed by atoms with Crippen LogP contribution in [0, 0.1) is 6.92 Å². The van der Waals surface area contributed by atoms with Gasteiger partial charge in [0.2, 0.25) is 0 Å². The van der Waals surface area contributed by atoms with Crippen molar-refractivity contribution < 1.29 is 4.74 Å². The SMILES string of the molecule is COCCN1CCn2c(nc3cc(Nc4nnc(C)c5ccccc45)ccc32)C1.Cl.Cl.Cl. The molecule has 3 heterocycles. The molecule has 1 N–H and O–H groups in total. The van der Waals surface area contributed by atoms with Crippen LogP contribution in [0.2, 0.25) is 0 Å². The molecule has 2 aromatic heterocycles. The predicted octanol–water partition coefficient (Wildman–Crippen LogP) is 4.76. The lowest BCUT2D eigenvalue weighted by Crippen LogP contribution is -2.35. The van der Waals surface area contributed by atoms with Crippen molar-refractivity contribution in [2.75, 3.05) is 32.1 Å². The fraction of sp³-hybridized carbons (Fsp3) is 0.318. The Bertz CT molecular complexity index is 1200. The number of aromatic nitrogens is 4. The number of hydrogen-bond donors (Lipinski definition) is 1. The second-order valence-electron chi connectivity index (χ2n) is 7.46. The van der Waals surface area contributed by atoms with E-state index in [0.717, 1.165) is 72.1 Å². The molecule has 5 rings (SSSR count). The molecule has 172 valence electrons. The highest BCUT2D eigenvalue weighted by Crippen LogP contribution is 2.28. The summed E-state index contributed by atoms with van der Waals surface area (Å²) in [6.07, 6.45) is 0. The first-order chi connectivity index (χ1) is 14.2. The molecule has 1 aliphatic rings. The Morgan fingerprint density at radius 2 is 1.78 bits per heavy atom. The van der Waals surface area contributed by atoms with Gasteiger partial charge in [-0.1, -0.05) is 24.3 Å². The topological polar surface area (TPSA) is 68.1 Å². The van der Waals surface area contributed by atoms with Gasteiger partial charge in [-0.3, -0.25) is 4.90 Å². The summed E-state index contributed by atoms with van der Waals surface area (Å²) < 4.78 is 7.54. The third kappa shape index (κ3) is 4.92. The number of hydrogen-bond acceptors (Lipinski definition) is 6. The minimum absolute atomic E-state index is 0. The molecule has 0 atom stereocenters. The van der Waals surface area contributed by atoms with E-state index in [9.17, 15) is 0 Å². The molecule has 0 aliphatic carbocycles. The summed E-state index contributed by atoms with van der Waals surface area (Å²) >= 11 is 0. The number of nitrogens with one attached hydrogen (secondary N) is 1. The van der Waals surface area contributed by atoms with Crippen LogP contribution >= 0.6 is 37.2 Å². The van der Waals surface area contributed by atoms with Gasteiger partial charge in [0, 0.05) is 43.2 Å². The highest BCUT2D eigenvalue weighted by molar-refractivity contribution is 5.94. The third-order valence-corrected chi connectivity index (χ3v) is 5.58. The standard InChI is InChI=1S/C22H24N6O.3ClH/c1-15-17-5-3-4-6-18(17)22(26-25-15)23-16-7-8-20-19(13-16)24-21-14-27(11-12-29-2)9-10-28(20)21;;;/h3-8,13H,9-12,14H2,1-2H3,(H,23,26);3*1H. The molecule has 2 aromatic carbocycles. The second-order valence-corrected chi connectivity index (χ2v) is 7.46. The predicted molar refractivity (Wildman–Crippen MR) is 136 cm³/mol. The minimum atomic E-state index is 0. The molecule has 4 aromatic rings. The first-order valence-corrected chi connectivity index (χ1v) is 9.92. The van der Waals surface area contributed by atoms with Crippen LogP contribution in [-0.2, 0) is 17.8 Å². The molecular weight excluding hydrogens is 471 g/mol. The van der Waals surface area contributed by atoms with E-state index in [0.29, 0.717) is 0 Å². The third-order valence-electron chi connectivity index (χ3n) is 5.58. The van der Waals surface area contributed by atoms with Gasteiger partial charge in [0.1, 0.15) is 5.82 Å². The van der Waals surface area contributed by atoms with Gasteiger partial charge in [-0.2, -0.15) is 5.10 Å². The maximum absolute atomic E-state index is 5.21. The van der Waals surface area contributed by atoms with Crippen molar-refractivity contribution in [3.8, 4) is 0 Å². The molecular formula is C22H27Cl3N6O. The molecule has 10 heteroatoms. The van der Waals surface area contributed by atoms with Gasteiger partial charge in [-0.05, 0) is 25.1 Å². The molecule has 0 radical (unpaired) electrons. The monoisotopic (exact) mass is 496 g/mol. The number of imidazole rings is 1. The second kappa shape index (κ2) is 11.1. The van der Waals surface area contributed by atoms with Gasteiger partial charge in [0.25, 0.3) is 0 Å². The lowest BCUT2D eigenvalue weighted by Gasteiger charge is -2.27. The van der Waals surface area contributed by atoms with Crippen molar-refractivity contribution in [1.29, 1.82) is 0 Å². The lowest BCUT2D eigenvalue weighted by atomic mass is 10.1. The molecule has 0 unspecified atom stereocenters. The molecule has 0 bridgehead atoms. The molecule has 32 heavy (non-hydrogen) atoms. The summed E-state index contributed by atoms with van der Waals surface area (Å²) in [5.74, 6) is 1.88. The van der Waals surface area contributed by atoms with Crippen LogP contribution in [0.1, 0.15) is 11.5 Å². The van der Waals surface area contributed by atoms with E-state index in [1.165, 1.54) is 5.52 Å². The van der Waals surface area contributed by atoms with Crippen LogP contribution in [0.4, 0.5) is 11.5 Å². The van der Waals surface area contributed by atoms with Gasteiger partial charge >= 0.3 is 0 Å². The van der Waals surface area contributed by atoms with E-state index in [-0.39, 0.29) is 37.2 Å². The summed E-state index contributed by atoms with van der Waals surface area (Å²) in [5, 5.41) is 14.3. The molecule has 0 amide bonds. The number of ether oxygens (including phenoxy) is 1. The lowest BCUT2D eigenvalue weighted by molar-refractivity contribution is 0.130. The van der Waals surface area contributed by atoms with Gasteiger partial charge in [0.15, 0.2) is 5.82 Å². The highest BCUT2D eigenvalue weighted by Gasteiger charge is 2.20. The van der Waals surface area contributed by atoms with Crippen LogP contribution in [0.25, 0.3) is 21.8 Å². The van der Waals surface area contributed by atoms with Crippen molar-refractivity contribution >= 4 is 70.5 Å². The van der Waals surface area contributed by atoms with Crippen LogP contribution in [0.3, 0.4) is 0 Å². The summed E-state index contributed by atoms with van der Waals surface area (Å²) in [6, 6.07) is 14.5. The van der Waals surface area contributed by atoms with E-state index in [2.05, 4.69) is 55.3 Å². The fourth-order valence-corrected chi connectivity index (χ4v) is 4.03. The van der Waals surface area contributed by atoms with Crippen molar-refractivity contribution in [1.82, 2.24) is 24.6 Å². The van der Waals surface area contributed by atoms with E-state index >= 15 is 0 Å². The van der Waals surface area contributed by atoms with Gasteiger partial charge in [0.05, 0.1) is 29.9 Å². The number of benzene rings is 2. The largest absolute Gasteiger partial charge is 0.383 e. The summed E-state index contributed by atoms with van der Waals surface area (Å²) in [6.45, 7) is 6.50. The fourth-order valence-electron chi connectivity index (χ4n) is 4.03. The van der Waals surface area contributed by atoms with Gasteiger partial charge in [-0.25, -0.2) is 4.98 Å². The Kier molecular flexibility index (Phi) is 9.07. The first-order valence-electron chi connectivity index (χ1n) is 9.92. The van der Waals surface area contributed by atoms with E-state index in [4.69, 9.17) is 9.72 Å². The molecule has 0 spiro atoms. The van der Waals surface area contributed by atoms with Crippen LogP contribution in [0.15, 0.2) is 42.5 Å². The highest BCUT2D eigenvalue weighted by atomic mass is 35.5. The van der Waals surface area contributed by atoms with E-state index in [1.54, 1.807) is 7.11 Å². The molecule has 7 nitrogen and oxygen atoms in total. The maximum Gasteiger partial charge on any atom is 0.160 e. The number of aryl methyl sites for hydroxylation is 1. The van der Waals surface area contributed by atoms with E-state index in [1.807, 2.05) is 19.1 Å². The normalized spacial score (nSPS) is 13.1. The number of nitrogens with zero attached hydrogens (tertiary/aromatic N) is 5. The molecule has 1 aliphatic heterocycles. The summed E-state index contributed by atoms with van der Waals surface area (Å²) in [7, 11) is 1.75. The zero-order chi connectivity index (χ0) is 19.8. The Labute approximate surface area is 205 Å². The van der Waals surface area contributed by atoms with Crippen molar-refractivity contribution in [3.63, 3.8) is 0 Å². The smallest absolute Gasteiger partial charge is 0.160 e. The number of rotatable bonds is 5. The number of anilines is 2. The molecule has 0 saturated carbocycles.